The molecular weight excluding hydrogens is 207 g/mol. The Kier molecular flexibility index (Phi) is 4.71. The normalized spacial score (nSPS) is 12.6. The van der Waals surface area contributed by atoms with Crippen molar-refractivity contribution in [3.05, 3.63) is 29.6 Å². The van der Waals surface area contributed by atoms with E-state index in [1.54, 1.807) is 13.0 Å². The van der Waals surface area contributed by atoms with E-state index in [4.69, 9.17) is 5.73 Å². The van der Waals surface area contributed by atoms with Crippen LogP contribution in [0, 0.1) is 5.82 Å². The second kappa shape index (κ2) is 5.82. The predicted octanol–water partition coefficient (Wildman–Crippen LogP) is 1.49. The van der Waals surface area contributed by atoms with Crippen LogP contribution in [0.5, 0.6) is 0 Å². The van der Waals surface area contributed by atoms with Gasteiger partial charge in [0.05, 0.1) is 6.10 Å². The molecule has 0 heterocycles. The molecule has 0 aliphatic carbocycles. The molecule has 0 radical (unpaired) electrons. The maximum atomic E-state index is 13.5. The van der Waals surface area contributed by atoms with Gasteiger partial charge in [-0.3, -0.25) is 0 Å². The highest BCUT2D eigenvalue weighted by Gasteiger charge is 2.10. The maximum absolute atomic E-state index is 13.5. The summed E-state index contributed by atoms with van der Waals surface area (Å²) < 4.78 is 13.5. The van der Waals surface area contributed by atoms with Crippen LogP contribution in [0.25, 0.3) is 0 Å². The first-order chi connectivity index (χ1) is 7.56. The molecule has 3 N–H and O–H groups in total. The lowest BCUT2D eigenvalue weighted by Crippen LogP contribution is -2.23. The number of aliphatic hydroxyl groups is 1. The quantitative estimate of drug-likeness (QED) is 0.799. The fourth-order valence-corrected chi connectivity index (χ4v) is 1.61. The first-order valence-corrected chi connectivity index (χ1v) is 5.43. The molecule has 0 saturated heterocycles. The molecule has 1 aromatic rings. The average Bonchev–Trinajstić information content (AvgIpc) is 2.25. The molecule has 0 fully saturated rings. The number of anilines is 1. The SMILES string of the molecule is CC(O)CCN(C)c1cccc(F)c1CN. The smallest absolute Gasteiger partial charge is 0.129 e. The number of aliphatic hydroxyl groups excluding tert-OH is 1. The Labute approximate surface area is 95.7 Å². The standard InChI is InChI=1S/C12H19FN2O/c1-9(16)6-7-15(2)12-5-3-4-11(13)10(12)8-14/h3-5,9,16H,6-8,14H2,1-2H3. The minimum Gasteiger partial charge on any atom is -0.393 e. The van der Waals surface area contributed by atoms with Crippen molar-refractivity contribution in [1.29, 1.82) is 0 Å². The Morgan fingerprint density at radius 1 is 1.50 bits per heavy atom. The lowest BCUT2D eigenvalue weighted by Gasteiger charge is -2.23. The van der Waals surface area contributed by atoms with Gasteiger partial charge in [0.25, 0.3) is 0 Å². The molecule has 0 aromatic heterocycles. The molecule has 0 spiro atoms. The molecule has 1 aromatic carbocycles. The zero-order valence-corrected chi connectivity index (χ0v) is 9.78. The van der Waals surface area contributed by atoms with Crippen molar-refractivity contribution >= 4 is 5.69 Å². The summed E-state index contributed by atoms with van der Waals surface area (Å²) in [6.07, 6.45) is 0.300. The van der Waals surface area contributed by atoms with Crippen LogP contribution in [0.2, 0.25) is 0 Å². The fourth-order valence-electron chi connectivity index (χ4n) is 1.61. The van der Waals surface area contributed by atoms with E-state index in [-0.39, 0.29) is 18.5 Å². The minimum absolute atomic E-state index is 0.182. The molecule has 16 heavy (non-hydrogen) atoms. The zero-order valence-electron chi connectivity index (χ0n) is 9.78. The Morgan fingerprint density at radius 2 is 2.19 bits per heavy atom. The van der Waals surface area contributed by atoms with Gasteiger partial charge >= 0.3 is 0 Å². The first-order valence-electron chi connectivity index (χ1n) is 5.43. The summed E-state index contributed by atoms with van der Waals surface area (Å²) in [5, 5.41) is 9.20. The molecule has 1 atom stereocenters. The summed E-state index contributed by atoms with van der Waals surface area (Å²) in [6, 6.07) is 4.92. The van der Waals surface area contributed by atoms with Crippen molar-refractivity contribution < 1.29 is 9.50 Å². The number of hydrogen-bond donors (Lipinski definition) is 2. The molecule has 0 saturated carbocycles. The fraction of sp³-hybridized carbons (Fsp3) is 0.500. The molecule has 0 bridgehead atoms. The van der Waals surface area contributed by atoms with E-state index in [2.05, 4.69) is 0 Å². The molecule has 90 valence electrons. The Balaban J connectivity index is 2.82. The largest absolute Gasteiger partial charge is 0.393 e. The second-order valence-corrected chi connectivity index (χ2v) is 4.00. The number of rotatable bonds is 5. The average molecular weight is 226 g/mol. The molecule has 0 aliphatic heterocycles. The first kappa shape index (κ1) is 12.9. The molecule has 3 nitrogen and oxygen atoms in total. The van der Waals surface area contributed by atoms with Gasteiger partial charge < -0.3 is 15.7 Å². The summed E-state index contributed by atoms with van der Waals surface area (Å²) in [5.41, 5.74) is 6.85. The lowest BCUT2D eigenvalue weighted by molar-refractivity contribution is 0.187. The van der Waals surface area contributed by atoms with Crippen LogP contribution >= 0.6 is 0 Å². The number of hydrogen-bond acceptors (Lipinski definition) is 3. The van der Waals surface area contributed by atoms with Crippen LogP contribution in [-0.4, -0.2) is 24.8 Å². The van der Waals surface area contributed by atoms with E-state index in [1.165, 1.54) is 6.07 Å². The van der Waals surface area contributed by atoms with E-state index < -0.39 is 0 Å². The third-order valence-corrected chi connectivity index (χ3v) is 2.59. The summed E-state index contributed by atoms with van der Waals surface area (Å²) in [7, 11) is 1.87. The molecule has 0 amide bonds. The Morgan fingerprint density at radius 3 is 2.75 bits per heavy atom. The number of nitrogens with two attached hydrogens (primary N) is 1. The number of halogens is 1. The van der Waals surface area contributed by atoms with Crippen molar-refractivity contribution in [3.63, 3.8) is 0 Å². The zero-order chi connectivity index (χ0) is 12.1. The number of benzene rings is 1. The summed E-state index contributed by atoms with van der Waals surface area (Å²) in [6.45, 7) is 2.60. The highest BCUT2D eigenvalue weighted by molar-refractivity contribution is 5.53. The van der Waals surface area contributed by atoms with E-state index >= 15 is 0 Å². The van der Waals surface area contributed by atoms with Crippen LogP contribution < -0.4 is 10.6 Å². The highest BCUT2D eigenvalue weighted by Crippen LogP contribution is 2.22. The van der Waals surface area contributed by atoms with E-state index in [9.17, 15) is 9.50 Å². The van der Waals surface area contributed by atoms with E-state index in [0.29, 0.717) is 18.5 Å². The summed E-state index contributed by atoms with van der Waals surface area (Å²) in [4.78, 5) is 1.91. The molecule has 1 unspecified atom stereocenters. The van der Waals surface area contributed by atoms with Gasteiger partial charge in [0, 0.05) is 31.4 Å². The topological polar surface area (TPSA) is 49.5 Å². The molecule has 0 aliphatic rings. The van der Waals surface area contributed by atoms with Gasteiger partial charge in [-0.15, -0.1) is 0 Å². The summed E-state index contributed by atoms with van der Waals surface area (Å²) >= 11 is 0. The van der Waals surface area contributed by atoms with Gasteiger partial charge in [0.1, 0.15) is 5.82 Å². The third-order valence-electron chi connectivity index (χ3n) is 2.59. The van der Waals surface area contributed by atoms with Crippen molar-refractivity contribution in [3.8, 4) is 0 Å². The Bertz CT molecular complexity index is 342. The lowest BCUT2D eigenvalue weighted by atomic mass is 10.1. The van der Waals surface area contributed by atoms with Crippen LogP contribution in [0.3, 0.4) is 0 Å². The van der Waals surface area contributed by atoms with Crippen molar-refractivity contribution in [2.24, 2.45) is 5.73 Å². The van der Waals surface area contributed by atoms with Gasteiger partial charge in [-0.05, 0) is 25.5 Å². The minimum atomic E-state index is -0.350. The van der Waals surface area contributed by atoms with E-state index in [1.807, 2.05) is 18.0 Å². The predicted molar refractivity (Wildman–Crippen MR) is 63.9 cm³/mol. The Hall–Kier alpha value is -1.13. The van der Waals surface area contributed by atoms with Gasteiger partial charge in [0.2, 0.25) is 0 Å². The van der Waals surface area contributed by atoms with Crippen LogP contribution in [0.15, 0.2) is 18.2 Å². The van der Waals surface area contributed by atoms with Crippen molar-refractivity contribution in [1.82, 2.24) is 0 Å². The monoisotopic (exact) mass is 226 g/mol. The molecular formula is C12H19FN2O. The highest BCUT2D eigenvalue weighted by atomic mass is 19.1. The molecule has 1 rings (SSSR count). The molecule has 4 heteroatoms. The van der Waals surface area contributed by atoms with Crippen molar-refractivity contribution in [2.45, 2.75) is 26.0 Å². The second-order valence-electron chi connectivity index (χ2n) is 4.00. The summed E-state index contributed by atoms with van der Waals surface area (Å²) in [5.74, 6) is -0.274. The van der Waals surface area contributed by atoms with Gasteiger partial charge in [-0.1, -0.05) is 6.07 Å². The van der Waals surface area contributed by atoms with Gasteiger partial charge in [-0.2, -0.15) is 0 Å². The maximum Gasteiger partial charge on any atom is 0.129 e. The van der Waals surface area contributed by atoms with Crippen molar-refractivity contribution in [2.75, 3.05) is 18.5 Å². The van der Waals surface area contributed by atoms with Crippen LogP contribution in [-0.2, 0) is 6.54 Å². The third kappa shape index (κ3) is 3.18. The van der Waals surface area contributed by atoms with Crippen LogP contribution in [0.1, 0.15) is 18.9 Å². The number of nitrogens with zero attached hydrogens (tertiary/aromatic N) is 1. The van der Waals surface area contributed by atoms with E-state index in [0.717, 1.165) is 5.69 Å². The van der Waals surface area contributed by atoms with Crippen LogP contribution in [0.4, 0.5) is 10.1 Å². The van der Waals surface area contributed by atoms with Gasteiger partial charge in [0.15, 0.2) is 0 Å². The van der Waals surface area contributed by atoms with Gasteiger partial charge in [-0.25, -0.2) is 4.39 Å².